The number of pyridine rings is 1. The number of aliphatic imine (C=N–C) groups is 1. The van der Waals surface area contributed by atoms with Crippen LogP contribution in [0.1, 0.15) is 43.1 Å². The van der Waals surface area contributed by atoms with Gasteiger partial charge in [-0.05, 0) is 42.7 Å². The summed E-state index contributed by atoms with van der Waals surface area (Å²) in [6.45, 7) is 5.49. The van der Waals surface area contributed by atoms with E-state index in [0.29, 0.717) is 5.25 Å². The molecule has 2 saturated heterocycles. The van der Waals surface area contributed by atoms with E-state index in [1.54, 1.807) is 0 Å². The van der Waals surface area contributed by atoms with Crippen molar-refractivity contribution in [2.24, 2.45) is 4.99 Å². The topological polar surface area (TPSA) is 31.7 Å². The molecule has 5 rings (SSSR count). The molecule has 3 aliphatic heterocycles. The van der Waals surface area contributed by atoms with E-state index in [-0.39, 0.29) is 12.1 Å². The van der Waals surface area contributed by atoms with Crippen molar-refractivity contribution >= 4 is 34.2 Å². The van der Waals surface area contributed by atoms with Gasteiger partial charge in [0.15, 0.2) is 5.17 Å². The summed E-state index contributed by atoms with van der Waals surface area (Å²) < 4.78 is 0. The fourth-order valence-corrected chi connectivity index (χ4v) is 5.80. The molecule has 1 aromatic carbocycles. The van der Waals surface area contributed by atoms with E-state index in [1.165, 1.54) is 18.4 Å². The molecule has 0 radical (unpaired) electrons. The fraction of sp³-hybridized carbons (Fsp3) is 0.429. The van der Waals surface area contributed by atoms with Gasteiger partial charge in [0.25, 0.3) is 0 Å². The van der Waals surface area contributed by atoms with Gasteiger partial charge in [-0.25, -0.2) is 0 Å². The lowest BCUT2D eigenvalue weighted by atomic mass is 9.96. The van der Waals surface area contributed by atoms with Gasteiger partial charge in [-0.2, -0.15) is 0 Å². The number of amidine groups is 1. The molecule has 0 aliphatic carbocycles. The third-order valence-corrected chi connectivity index (χ3v) is 7.05. The second-order valence-electron chi connectivity index (χ2n) is 7.54. The molecular weight excluding hydrogens is 376 g/mol. The monoisotopic (exact) mass is 398 g/mol. The van der Waals surface area contributed by atoms with Crippen molar-refractivity contribution in [3.63, 3.8) is 0 Å². The van der Waals surface area contributed by atoms with Gasteiger partial charge in [0.2, 0.25) is 0 Å². The molecule has 0 N–H and O–H groups in total. The van der Waals surface area contributed by atoms with Crippen molar-refractivity contribution in [3.8, 4) is 0 Å². The van der Waals surface area contributed by atoms with Crippen molar-refractivity contribution < 1.29 is 0 Å². The van der Waals surface area contributed by atoms with Crippen molar-refractivity contribution in [3.05, 3.63) is 58.9 Å². The summed E-state index contributed by atoms with van der Waals surface area (Å²) in [5, 5.41) is 2.56. The quantitative estimate of drug-likeness (QED) is 0.734. The Balaban J connectivity index is 1.52. The van der Waals surface area contributed by atoms with Crippen molar-refractivity contribution in [2.75, 3.05) is 24.5 Å². The third kappa shape index (κ3) is 3.11. The minimum absolute atomic E-state index is 0.0231. The van der Waals surface area contributed by atoms with Crippen LogP contribution in [0.15, 0.2) is 47.6 Å². The van der Waals surface area contributed by atoms with Gasteiger partial charge in [-0.3, -0.25) is 9.98 Å². The van der Waals surface area contributed by atoms with Gasteiger partial charge in [0.05, 0.1) is 22.4 Å². The number of anilines is 1. The molecule has 1 aromatic heterocycles. The van der Waals surface area contributed by atoms with Gasteiger partial charge in [-0.1, -0.05) is 42.4 Å². The summed E-state index contributed by atoms with van der Waals surface area (Å²) >= 11 is 8.60. The van der Waals surface area contributed by atoms with E-state index in [1.807, 2.05) is 30.1 Å². The van der Waals surface area contributed by atoms with Gasteiger partial charge >= 0.3 is 0 Å². The Kier molecular flexibility index (Phi) is 4.52. The van der Waals surface area contributed by atoms with Crippen molar-refractivity contribution in [1.29, 1.82) is 0 Å². The zero-order chi connectivity index (χ0) is 18.4. The number of rotatable bonds is 3. The van der Waals surface area contributed by atoms with E-state index in [9.17, 15) is 0 Å². The Labute approximate surface area is 169 Å². The molecule has 4 heterocycles. The summed E-state index contributed by atoms with van der Waals surface area (Å²) in [5.74, 6) is 0. The highest BCUT2D eigenvalue weighted by Gasteiger charge is 2.43. The Hall–Kier alpha value is -1.72. The van der Waals surface area contributed by atoms with Crippen LogP contribution in [0.3, 0.4) is 0 Å². The molecular formula is C21H23ClN4S. The predicted molar refractivity (Wildman–Crippen MR) is 114 cm³/mol. The van der Waals surface area contributed by atoms with Crippen LogP contribution in [0.25, 0.3) is 0 Å². The number of aromatic nitrogens is 1. The van der Waals surface area contributed by atoms with E-state index in [2.05, 4.69) is 46.0 Å². The van der Waals surface area contributed by atoms with Crippen LogP contribution in [0.4, 0.5) is 5.69 Å². The number of benzene rings is 1. The number of hydrogen-bond acceptors (Lipinski definition) is 5. The highest BCUT2D eigenvalue weighted by atomic mass is 35.5. The molecule has 2 aromatic rings. The maximum atomic E-state index is 6.73. The molecule has 2 fully saturated rings. The standard InChI is InChI=1S/C21H23ClN4S/c1-14-13-26-20(19(24-21(26)27-14)17-6-2-3-9-23-17)15-7-8-18(16(22)12-15)25-10-4-5-11-25/h2-3,6-9,12,14,19-20H,4-5,10-11,13H2,1H3/t14-,19-,20+/m1/s1. The molecule has 140 valence electrons. The lowest BCUT2D eigenvalue weighted by Gasteiger charge is -2.28. The number of nitrogens with zero attached hydrogens (tertiary/aromatic N) is 4. The Morgan fingerprint density at radius 3 is 2.74 bits per heavy atom. The number of fused-ring (bicyclic) bond motifs is 1. The summed E-state index contributed by atoms with van der Waals surface area (Å²) in [4.78, 5) is 14.5. The van der Waals surface area contributed by atoms with E-state index in [0.717, 1.165) is 41.2 Å². The second kappa shape index (κ2) is 7.02. The average Bonchev–Trinajstić information content (AvgIpc) is 3.38. The van der Waals surface area contributed by atoms with Gasteiger partial charge in [0.1, 0.15) is 6.04 Å². The average molecular weight is 399 g/mol. The van der Waals surface area contributed by atoms with Crippen LogP contribution >= 0.6 is 23.4 Å². The van der Waals surface area contributed by atoms with Gasteiger partial charge in [0, 0.05) is 31.1 Å². The molecule has 0 bridgehead atoms. The molecule has 0 spiro atoms. The van der Waals surface area contributed by atoms with Crippen molar-refractivity contribution in [2.45, 2.75) is 37.1 Å². The maximum Gasteiger partial charge on any atom is 0.160 e. The van der Waals surface area contributed by atoms with E-state index >= 15 is 0 Å². The van der Waals surface area contributed by atoms with Crippen LogP contribution in [-0.2, 0) is 0 Å². The summed E-state index contributed by atoms with van der Waals surface area (Å²) in [7, 11) is 0. The highest BCUT2D eigenvalue weighted by molar-refractivity contribution is 8.14. The second-order valence-corrected chi connectivity index (χ2v) is 9.35. The largest absolute Gasteiger partial charge is 0.370 e. The molecule has 6 heteroatoms. The highest BCUT2D eigenvalue weighted by Crippen LogP contribution is 2.48. The first kappa shape index (κ1) is 17.4. The van der Waals surface area contributed by atoms with Crippen LogP contribution in [0, 0.1) is 0 Å². The SMILES string of the molecule is C[C@@H]1CN2C(=N[C@H](c3ccccn3)[C@@H]2c2ccc(N3CCCC3)c(Cl)c2)S1. The Morgan fingerprint density at radius 1 is 1.15 bits per heavy atom. The summed E-state index contributed by atoms with van der Waals surface area (Å²) in [6.07, 6.45) is 4.36. The smallest absolute Gasteiger partial charge is 0.160 e. The zero-order valence-corrected chi connectivity index (χ0v) is 17.0. The Bertz CT molecular complexity index is 866. The van der Waals surface area contributed by atoms with Gasteiger partial charge < -0.3 is 9.80 Å². The first-order valence-electron chi connectivity index (χ1n) is 9.67. The Morgan fingerprint density at radius 2 is 2.00 bits per heavy atom. The molecule has 3 aliphatic rings. The third-order valence-electron chi connectivity index (χ3n) is 5.64. The number of thioether (sulfide) groups is 1. The summed E-state index contributed by atoms with van der Waals surface area (Å²) in [6, 6.07) is 12.9. The lowest BCUT2D eigenvalue weighted by molar-refractivity contribution is 0.321. The fourth-order valence-electron chi connectivity index (χ4n) is 4.40. The normalized spacial score (nSPS) is 27.2. The predicted octanol–water partition coefficient (Wildman–Crippen LogP) is 4.92. The minimum Gasteiger partial charge on any atom is -0.370 e. The summed E-state index contributed by atoms with van der Waals surface area (Å²) in [5.41, 5.74) is 3.42. The van der Waals surface area contributed by atoms with E-state index in [4.69, 9.17) is 16.6 Å². The maximum absolute atomic E-state index is 6.73. The first-order chi connectivity index (χ1) is 13.2. The number of halogens is 1. The molecule has 0 amide bonds. The molecule has 0 saturated carbocycles. The van der Waals surface area contributed by atoms with Gasteiger partial charge in [-0.15, -0.1) is 0 Å². The first-order valence-corrected chi connectivity index (χ1v) is 10.9. The lowest BCUT2D eigenvalue weighted by Crippen LogP contribution is -2.28. The zero-order valence-electron chi connectivity index (χ0n) is 15.4. The van der Waals surface area contributed by atoms with Crippen LogP contribution in [-0.4, -0.2) is 39.9 Å². The molecule has 27 heavy (non-hydrogen) atoms. The van der Waals surface area contributed by atoms with Crippen LogP contribution in [0.2, 0.25) is 5.02 Å². The molecule has 3 atom stereocenters. The van der Waals surface area contributed by atoms with Crippen molar-refractivity contribution in [1.82, 2.24) is 9.88 Å². The number of hydrogen-bond donors (Lipinski definition) is 0. The molecule has 4 nitrogen and oxygen atoms in total. The van der Waals surface area contributed by atoms with Crippen LogP contribution < -0.4 is 4.90 Å². The molecule has 0 unspecified atom stereocenters. The van der Waals surface area contributed by atoms with E-state index < -0.39 is 0 Å². The minimum atomic E-state index is 0.0231. The van der Waals surface area contributed by atoms with Crippen LogP contribution in [0.5, 0.6) is 0 Å².